The van der Waals surface area contributed by atoms with Crippen molar-refractivity contribution in [3.8, 4) is 5.75 Å². The van der Waals surface area contributed by atoms with Crippen molar-refractivity contribution in [3.05, 3.63) is 59.3 Å². The van der Waals surface area contributed by atoms with E-state index in [1.165, 1.54) is 10.8 Å². The largest absolute Gasteiger partial charge is 0.492 e. The van der Waals surface area contributed by atoms with Gasteiger partial charge in [0.2, 0.25) is 0 Å². The van der Waals surface area contributed by atoms with Crippen molar-refractivity contribution in [2.45, 2.75) is 6.54 Å². The summed E-state index contributed by atoms with van der Waals surface area (Å²) in [6, 6.07) is 11.2. The van der Waals surface area contributed by atoms with E-state index in [0.717, 1.165) is 5.75 Å². The molecule has 1 aromatic carbocycles. The van der Waals surface area contributed by atoms with Gasteiger partial charge in [-0.1, -0.05) is 18.2 Å². The summed E-state index contributed by atoms with van der Waals surface area (Å²) in [5, 5.41) is 0. The Hall–Kier alpha value is -2.10. The molecule has 0 amide bonds. The Morgan fingerprint density at radius 1 is 1.19 bits per heavy atom. The first-order valence-corrected chi connectivity index (χ1v) is 5.05. The van der Waals surface area contributed by atoms with Gasteiger partial charge in [0.1, 0.15) is 12.4 Å². The van der Waals surface area contributed by atoms with Crippen molar-refractivity contribution in [3.63, 3.8) is 0 Å². The van der Waals surface area contributed by atoms with Crippen LogP contribution in [0.1, 0.15) is 0 Å². The molecule has 0 unspecified atom stereocenters. The van der Waals surface area contributed by atoms with Gasteiger partial charge < -0.3 is 4.74 Å². The van der Waals surface area contributed by atoms with Crippen LogP contribution in [0.25, 0.3) is 0 Å². The highest BCUT2D eigenvalue weighted by atomic mass is 16.5. The molecule has 1 aromatic heterocycles. The predicted octanol–water partition coefficient (Wildman–Crippen LogP) is 1.32. The van der Waals surface area contributed by atoms with Gasteiger partial charge in [-0.05, 0) is 18.2 Å². The Morgan fingerprint density at radius 2 is 2.00 bits per heavy atom. The fourth-order valence-electron chi connectivity index (χ4n) is 1.34. The lowest BCUT2D eigenvalue weighted by Gasteiger charge is -2.06. The van der Waals surface area contributed by atoms with Gasteiger partial charge in [-0.3, -0.25) is 4.57 Å². The zero-order chi connectivity index (χ0) is 11.2. The van der Waals surface area contributed by atoms with E-state index in [9.17, 15) is 4.79 Å². The van der Waals surface area contributed by atoms with E-state index < -0.39 is 0 Å². The number of ether oxygens (including phenoxy) is 1. The Balaban J connectivity index is 1.90. The molecule has 0 atom stereocenters. The SMILES string of the molecule is O=c1ncccn1CCOc1ccccc1. The second-order valence-electron chi connectivity index (χ2n) is 3.26. The summed E-state index contributed by atoms with van der Waals surface area (Å²) in [6.07, 6.45) is 3.18. The summed E-state index contributed by atoms with van der Waals surface area (Å²) in [5.74, 6) is 0.805. The highest BCUT2D eigenvalue weighted by Gasteiger charge is 1.95. The molecular formula is C12H12N2O2. The van der Waals surface area contributed by atoms with Crippen LogP contribution in [0.4, 0.5) is 0 Å². The van der Waals surface area contributed by atoms with E-state index in [1.807, 2.05) is 30.3 Å². The lowest BCUT2D eigenvalue weighted by molar-refractivity contribution is 0.295. The minimum absolute atomic E-state index is 0.251. The van der Waals surface area contributed by atoms with Crippen molar-refractivity contribution in [2.75, 3.05) is 6.61 Å². The highest BCUT2D eigenvalue weighted by molar-refractivity contribution is 5.20. The summed E-state index contributed by atoms with van der Waals surface area (Å²) < 4.78 is 6.99. The average Bonchev–Trinajstić information content (AvgIpc) is 2.33. The quantitative estimate of drug-likeness (QED) is 0.774. The maximum Gasteiger partial charge on any atom is 0.347 e. The molecule has 4 heteroatoms. The topological polar surface area (TPSA) is 44.1 Å². The molecule has 16 heavy (non-hydrogen) atoms. The third-order valence-electron chi connectivity index (χ3n) is 2.13. The minimum Gasteiger partial charge on any atom is -0.492 e. The maximum atomic E-state index is 11.3. The van der Waals surface area contributed by atoms with Crippen LogP contribution in [0, 0.1) is 0 Å². The number of nitrogens with zero attached hydrogens (tertiary/aromatic N) is 2. The number of aromatic nitrogens is 2. The van der Waals surface area contributed by atoms with Crippen LogP contribution in [0.2, 0.25) is 0 Å². The number of hydrogen-bond donors (Lipinski definition) is 0. The molecule has 2 rings (SSSR count). The van der Waals surface area contributed by atoms with Crippen molar-refractivity contribution in [2.24, 2.45) is 0 Å². The monoisotopic (exact) mass is 216 g/mol. The van der Waals surface area contributed by atoms with Crippen molar-refractivity contribution >= 4 is 0 Å². The molecule has 0 aliphatic carbocycles. The number of benzene rings is 1. The van der Waals surface area contributed by atoms with Crippen LogP contribution in [0.5, 0.6) is 5.75 Å². The predicted molar refractivity (Wildman–Crippen MR) is 60.4 cm³/mol. The van der Waals surface area contributed by atoms with E-state index in [2.05, 4.69) is 4.98 Å². The molecule has 1 heterocycles. The Kier molecular flexibility index (Phi) is 3.33. The Morgan fingerprint density at radius 3 is 2.75 bits per heavy atom. The summed E-state index contributed by atoms with van der Waals surface area (Å²) in [4.78, 5) is 14.9. The maximum absolute atomic E-state index is 11.3. The summed E-state index contributed by atoms with van der Waals surface area (Å²) in [5.41, 5.74) is -0.251. The minimum atomic E-state index is -0.251. The average molecular weight is 216 g/mol. The van der Waals surface area contributed by atoms with Crippen LogP contribution in [-0.4, -0.2) is 16.2 Å². The molecule has 0 radical (unpaired) electrons. The highest BCUT2D eigenvalue weighted by Crippen LogP contribution is 2.07. The standard InChI is InChI=1S/C12H12N2O2/c15-12-13-7-4-8-14(12)9-10-16-11-5-2-1-3-6-11/h1-8H,9-10H2. The van der Waals surface area contributed by atoms with E-state index >= 15 is 0 Å². The molecule has 0 saturated heterocycles. The van der Waals surface area contributed by atoms with Crippen molar-refractivity contribution in [1.82, 2.24) is 9.55 Å². The summed E-state index contributed by atoms with van der Waals surface area (Å²) in [6.45, 7) is 0.956. The smallest absolute Gasteiger partial charge is 0.347 e. The molecular weight excluding hydrogens is 204 g/mol. The molecule has 0 bridgehead atoms. The van der Waals surface area contributed by atoms with Gasteiger partial charge in [0.15, 0.2) is 0 Å². The van der Waals surface area contributed by atoms with Crippen LogP contribution >= 0.6 is 0 Å². The van der Waals surface area contributed by atoms with Crippen LogP contribution in [-0.2, 0) is 6.54 Å². The van der Waals surface area contributed by atoms with Gasteiger partial charge >= 0.3 is 5.69 Å². The van der Waals surface area contributed by atoms with E-state index in [0.29, 0.717) is 13.2 Å². The van der Waals surface area contributed by atoms with E-state index in [4.69, 9.17) is 4.74 Å². The van der Waals surface area contributed by atoms with Gasteiger partial charge in [0, 0.05) is 12.4 Å². The lowest BCUT2D eigenvalue weighted by Crippen LogP contribution is -2.24. The molecule has 2 aromatic rings. The van der Waals surface area contributed by atoms with Gasteiger partial charge in [0.25, 0.3) is 0 Å². The number of rotatable bonds is 4. The fraction of sp³-hybridized carbons (Fsp3) is 0.167. The zero-order valence-corrected chi connectivity index (χ0v) is 8.74. The van der Waals surface area contributed by atoms with E-state index in [-0.39, 0.29) is 5.69 Å². The first-order valence-electron chi connectivity index (χ1n) is 5.05. The van der Waals surface area contributed by atoms with Crippen LogP contribution in [0.3, 0.4) is 0 Å². The Bertz CT molecular complexity index is 494. The Labute approximate surface area is 93.1 Å². The number of hydrogen-bond acceptors (Lipinski definition) is 3. The molecule has 0 aliphatic heterocycles. The first-order chi connectivity index (χ1) is 7.86. The molecule has 0 aliphatic rings. The molecule has 0 N–H and O–H groups in total. The van der Waals surface area contributed by atoms with Gasteiger partial charge in [0.05, 0.1) is 6.54 Å². The molecule has 4 nitrogen and oxygen atoms in total. The van der Waals surface area contributed by atoms with Gasteiger partial charge in [-0.2, -0.15) is 0 Å². The number of para-hydroxylation sites is 1. The normalized spacial score (nSPS) is 10.0. The zero-order valence-electron chi connectivity index (χ0n) is 8.74. The van der Waals surface area contributed by atoms with Crippen molar-refractivity contribution in [1.29, 1.82) is 0 Å². The van der Waals surface area contributed by atoms with Gasteiger partial charge in [-0.25, -0.2) is 9.78 Å². The molecule has 0 fully saturated rings. The molecule has 0 spiro atoms. The van der Waals surface area contributed by atoms with Gasteiger partial charge in [-0.15, -0.1) is 0 Å². The molecule has 0 saturated carbocycles. The molecule has 82 valence electrons. The third kappa shape index (κ3) is 2.70. The summed E-state index contributed by atoms with van der Waals surface area (Å²) in [7, 11) is 0. The third-order valence-corrected chi connectivity index (χ3v) is 2.13. The first kappa shape index (κ1) is 10.4. The van der Waals surface area contributed by atoms with Crippen LogP contribution < -0.4 is 10.4 Å². The lowest BCUT2D eigenvalue weighted by atomic mass is 10.3. The van der Waals surface area contributed by atoms with Crippen LogP contribution in [0.15, 0.2) is 53.6 Å². The summed E-state index contributed by atoms with van der Waals surface area (Å²) >= 11 is 0. The van der Waals surface area contributed by atoms with E-state index in [1.54, 1.807) is 12.3 Å². The van der Waals surface area contributed by atoms with Crippen molar-refractivity contribution < 1.29 is 4.74 Å². The fourth-order valence-corrected chi connectivity index (χ4v) is 1.34. The second-order valence-corrected chi connectivity index (χ2v) is 3.26. The second kappa shape index (κ2) is 5.11.